The summed E-state index contributed by atoms with van der Waals surface area (Å²) in [6.45, 7) is 5.15. The van der Waals surface area contributed by atoms with E-state index in [0.717, 1.165) is 29.2 Å². The summed E-state index contributed by atoms with van der Waals surface area (Å²) in [4.78, 5) is 14.3. The third-order valence-electron chi connectivity index (χ3n) is 4.78. The molecule has 6 nitrogen and oxygen atoms in total. The minimum Gasteiger partial charge on any atom is -0.343 e. The summed E-state index contributed by atoms with van der Waals surface area (Å²) in [7, 11) is -3.17. The SMILES string of the molecule is C=CS(=O)(=O)CC1CCN(C(=O)CCn2ncc3ccccc32)CC1. The van der Waals surface area contributed by atoms with Crippen LogP contribution in [0.3, 0.4) is 0 Å². The van der Waals surface area contributed by atoms with Crippen molar-refractivity contribution in [2.75, 3.05) is 18.8 Å². The van der Waals surface area contributed by atoms with Crippen molar-refractivity contribution in [1.82, 2.24) is 14.7 Å². The summed E-state index contributed by atoms with van der Waals surface area (Å²) >= 11 is 0. The molecule has 134 valence electrons. The minimum atomic E-state index is -3.17. The van der Waals surface area contributed by atoms with Crippen LogP contribution in [0.4, 0.5) is 0 Å². The van der Waals surface area contributed by atoms with Crippen LogP contribution in [0.25, 0.3) is 10.9 Å². The van der Waals surface area contributed by atoms with Crippen LogP contribution in [0.1, 0.15) is 19.3 Å². The first-order valence-electron chi connectivity index (χ1n) is 8.52. The van der Waals surface area contributed by atoms with Crippen LogP contribution in [0.15, 0.2) is 42.4 Å². The fourth-order valence-corrected chi connectivity index (χ4v) is 4.44. The summed E-state index contributed by atoms with van der Waals surface area (Å²) in [6.07, 6.45) is 3.67. The normalized spacial score (nSPS) is 16.2. The molecule has 2 heterocycles. The molecule has 1 aliphatic rings. The standard InChI is InChI=1S/C18H23N3O3S/c1-2-25(23,24)14-15-7-10-20(11-8-15)18(22)9-12-21-17-6-4-3-5-16(17)13-19-21/h2-6,13,15H,1,7-12,14H2. The summed E-state index contributed by atoms with van der Waals surface area (Å²) in [5, 5.41) is 6.44. The van der Waals surface area contributed by atoms with Gasteiger partial charge < -0.3 is 4.90 Å². The number of rotatable bonds is 6. The van der Waals surface area contributed by atoms with Gasteiger partial charge in [-0.2, -0.15) is 5.10 Å². The van der Waals surface area contributed by atoms with E-state index in [4.69, 9.17) is 0 Å². The number of likely N-dealkylation sites (tertiary alicyclic amines) is 1. The molecule has 0 N–H and O–H groups in total. The molecule has 1 aromatic heterocycles. The van der Waals surface area contributed by atoms with Crippen LogP contribution in [0.2, 0.25) is 0 Å². The maximum Gasteiger partial charge on any atom is 0.224 e. The van der Waals surface area contributed by atoms with Crippen molar-refractivity contribution >= 4 is 26.6 Å². The van der Waals surface area contributed by atoms with Gasteiger partial charge in [0.15, 0.2) is 9.84 Å². The van der Waals surface area contributed by atoms with Gasteiger partial charge in [0.1, 0.15) is 0 Å². The zero-order valence-electron chi connectivity index (χ0n) is 14.2. The van der Waals surface area contributed by atoms with Crippen LogP contribution in [0.5, 0.6) is 0 Å². The lowest BCUT2D eigenvalue weighted by molar-refractivity contribution is -0.132. The molecule has 0 saturated carbocycles. The van der Waals surface area contributed by atoms with Gasteiger partial charge in [0.2, 0.25) is 5.91 Å². The van der Waals surface area contributed by atoms with Crippen LogP contribution in [0, 0.1) is 5.92 Å². The Labute approximate surface area is 148 Å². The molecule has 1 fully saturated rings. The van der Waals surface area contributed by atoms with Crippen LogP contribution >= 0.6 is 0 Å². The van der Waals surface area contributed by atoms with Gasteiger partial charge in [-0.05, 0) is 24.8 Å². The first-order chi connectivity index (χ1) is 12.0. The maximum atomic E-state index is 12.4. The second kappa shape index (κ2) is 7.39. The van der Waals surface area contributed by atoms with Crippen molar-refractivity contribution in [1.29, 1.82) is 0 Å². The van der Waals surface area contributed by atoms with Crippen molar-refractivity contribution in [3.63, 3.8) is 0 Å². The topological polar surface area (TPSA) is 72.3 Å². The second-order valence-electron chi connectivity index (χ2n) is 6.50. The monoisotopic (exact) mass is 361 g/mol. The molecule has 0 atom stereocenters. The number of benzene rings is 1. The number of carbonyl (C=O) groups is 1. The number of para-hydroxylation sites is 1. The Morgan fingerprint density at radius 2 is 2.00 bits per heavy atom. The van der Waals surface area contributed by atoms with E-state index in [1.54, 1.807) is 0 Å². The van der Waals surface area contributed by atoms with E-state index < -0.39 is 9.84 Å². The molecular formula is C18H23N3O3S. The zero-order chi connectivity index (χ0) is 17.9. The third-order valence-corrected chi connectivity index (χ3v) is 6.22. The number of carbonyl (C=O) groups excluding carboxylic acids is 1. The maximum absolute atomic E-state index is 12.4. The number of hydrogen-bond acceptors (Lipinski definition) is 4. The van der Waals surface area contributed by atoms with E-state index in [1.807, 2.05) is 40.0 Å². The van der Waals surface area contributed by atoms with E-state index in [-0.39, 0.29) is 17.6 Å². The van der Waals surface area contributed by atoms with E-state index in [2.05, 4.69) is 11.7 Å². The Hall–Kier alpha value is -2.15. The highest BCUT2D eigenvalue weighted by molar-refractivity contribution is 7.94. The third kappa shape index (κ3) is 4.28. The largest absolute Gasteiger partial charge is 0.343 e. The van der Waals surface area contributed by atoms with Gasteiger partial charge in [0, 0.05) is 30.3 Å². The second-order valence-corrected chi connectivity index (χ2v) is 8.49. The Balaban J connectivity index is 1.51. The molecular weight excluding hydrogens is 338 g/mol. The van der Waals surface area contributed by atoms with Gasteiger partial charge >= 0.3 is 0 Å². The molecule has 2 aromatic rings. The Morgan fingerprint density at radius 3 is 2.72 bits per heavy atom. The molecule has 0 radical (unpaired) electrons. The molecule has 1 saturated heterocycles. The lowest BCUT2D eigenvalue weighted by atomic mass is 9.99. The summed E-state index contributed by atoms with van der Waals surface area (Å²) in [6, 6.07) is 7.93. The van der Waals surface area contributed by atoms with Gasteiger partial charge in [-0.15, -0.1) is 0 Å². The first-order valence-corrected chi connectivity index (χ1v) is 10.2. The van der Waals surface area contributed by atoms with Crippen LogP contribution < -0.4 is 0 Å². The van der Waals surface area contributed by atoms with Crippen molar-refractivity contribution in [2.45, 2.75) is 25.8 Å². The molecule has 1 amide bonds. The van der Waals surface area contributed by atoms with Crippen LogP contribution in [-0.4, -0.2) is 47.8 Å². The molecule has 0 spiro atoms. The number of amides is 1. The molecule has 1 aliphatic heterocycles. The van der Waals surface area contributed by atoms with E-state index in [0.29, 0.717) is 26.1 Å². The zero-order valence-corrected chi connectivity index (χ0v) is 15.0. The quantitative estimate of drug-likeness (QED) is 0.791. The van der Waals surface area contributed by atoms with Crippen molar-refractivity contribution in [3.05, 3.63) is 42.4 Å². The predicted molar refractivity (Wildman–Crippen MR) is 97.6 cm³/mol. The molecule has 3 rings (SSSR count). The highest BCUT2D eigenvalue weighted by atomic mass is 32.2. The predicted octanol–water partition coefficient (Wildman–Crippen LogP) is 2.22. The summed E-state index contributed by atoms with van der Waals surface area (Å²) < 4.78 is 25.1. The molecule has 25 heavy (non-hydrogen) atoms. The van der Waals surface area contributed by atoms with Gasteiger partial charge in [0.25, 0.3) is 0 Å². The minimum absolute atomic E-state index is 0.101. The lowest BCUT2D eigenvalue weighted by Gasteiger charge is -2.31. The van der Waals surface area contributed by atoms with Gasteiger partial charge in [-0.25, -0.2) is 8.42 Å². The highest BCUT2D eigenvalue weighted by Crippen LogP contribution is 2.20. The molecule has 7 heteroatoms. The van der Waals surface area contributed by atoms with E-state index in [1.165, 1.54) is 0 Å². The van der Waals surface area contributed by atoms with E-state index >= 15 is 0 Å². The lowest BCUT2D eigenvalue weighted by Crippen LogP contribution is -2.40. The number of fused-ring (bicyclic) bond motifs is 1. The Kier molecular flexibility index (Phi) is 5.22. The number of aryl methyl sites for hydroxylation is 1. The number of piperidine rings is 1. The van der Waals surface area contributed by atoms with Crippen molar-refractivity contribution in [3.8, 4) is 0 Å². The number of aromatic nitrogens is 2. The first kappa shape index (κ1) is 17.7. The Bertz CT molecular complexity index is 865. The highest BCUT2D eigenvalue weighted by Gasteiger charge is 2.25. The molecule has 0 aliphatic carbocycles. The number of hydrogen-bond donors (Lipinski definition) is 0. The van der Waals surface area contributed by atoms with Gasteiger partial charge in [-0.3, -0.25) is 9.48 Å². The molecule has 1 aromatic carbocycles. The molecule has 0 bridgehead atoms. The fraction of sp³-hybridized carbons (Fsp3) is 0.444. The van der Waals surface area contributed by atoms with Crippen molar-refractivity contribution < 1.29 is 13.2 Å². The molecule has 0 unspecified atom stereocenters. The average molecular weight is 361 g/mol. The average Bonchev–Trinajstić information content (AvgIpc) is 3.03. The Morgan fingerprint density at radius 1 is 1.28 bits per heavy atom. The summed E-state index contributed by atoms with van der Waals surface area (Å²) in [5.41, 5.74) is 1.03. The van der Waals surface area contributed by atoms with Crippen LogP contribution in [-0.2, 0) is 21.2 Å². The smallest absolute Gasteiger partial charge is 0.224 e. The van der Waals surface area contributed by atoms with Gasteiger partial charge in [-0.1, -0.05) is 24.8 Å². The van der Waals surface area contributed by atoms with Crippen molar-refractivity contribution in [2.24, 2.45) is 5.92 Å². The number of nitrogens with zero attached hydrogens (tertiary/aromatic N) is 3. The fourth-order valence-electron chi connectivity index (χ4n) is 3.31. The van der Waals surface area contributed by atoms with E-state index in [9.17, 15) is 13.2 Å². The number of sulfone groups is 1. The summed E-state index contributed by atoms with van der Waals surface area (Å²) in [5.74, 6) is 0.351. The van der Waals surface area contributed by atoms with Gasteiger partial charge in [0.05, 0.1) is 24.0 Å².